The zero-order valence-corrected chi connectivity index (χ0v) is 12.5. The Balaban J connectivity index is 1.92. The molecule has 0 unspecified atom stereocenters. The molecule has 8 nitrogen and oxygen atoms in total. The smallest absolute Gasteiger partial charge is 0.409 e. The maximum absolute atomic E-state index is 12.3. The molecule has 0 radical (unpaired) electrons. The number of hydrogen-bond acceptors (Lipinski definition) is 6. The van der Waals surface area contributed by atoms with Gasteiger partial charge in [-0.2, -0.15) is 0 Å². The Kier molecular flexibility index (Phi) is 3.54. The summed E-state index contributed by atoms with van der Waals surface area (Å²) in [6.07, 6.45) is -0.654. The number of methoxy groups -OCH3 is 2. The van der Waals surface area contributed by atoms with Crippen LogP contribution in [0.2, 0.25) is 0 Å². The molecule has 2 saturated heterocycles. The van der Waals surface area contributed by atoms with Crippen LogP contribution in [0.3, 0.4) is 0 Å². The molecule has 22 heavy (non-hydrogen) atoms. The summed E-state index contributed by atoms with van der Waals surface area (Å²) >= 11 is 0. The molecule has 0 aromatic rings. The molecule has 2 heterocycles. The molecule has 0 atom stereocenters. The normalized spacial score (nSPS) is 33.5. The van der Waals surface area contributed by atoms with Gasteiger partial charge in [-0.3, -0.25) is 9.59 Å². The SMILES string of the molecule is COC(=O)N1CCC(=O)C2C1C1C(=O)CCN(C(=O)OC)C21. The van der Waals surface area contributed by atoms with Gasteiger partial charge in [0.25, 0.3) is 0 Å². The predicted molar refractivity (Wildman–Crippen MR) is 72.0 cm³/mol. The fourth-order valence-electron chi connectivity index (χ4n) is 4.00. The highest BCUT2D eigenvalue weighted by Crippen LogP contribution is 2.48. The summed E-state index contributed by atoms with van der Waals surface area (Å²) in [6, 6.07) is -1.00. The van der Waals surface area contributed by atoms with Crippen molar-refractivity contribution in [3.63, 3.8) is 0 Å². The van der Waals surface area contributed by atoms with Crippen molar-refractivity contribution in [1.29, 1.82) is 0 Å². The van der Waals surface area contributed by atoms with Gasteiger partial charge in [0, 0.05) is 25.9 Å². The Bertz CT molecular complexity index is 491. The van der Waals surface area contributed by atoms with Crippen LogP contribution >= 0.6 is 0 Å². The van der Waals surface area contributed by atoms with E-state index in [9.17, 15) is 19.2 Å². The van der Waals surface area contributed by atoms with Crippen LogP contribution in [0.15, 0.2) is 0 Å². The minimum Gasteiger partial charge on any atom is -0.453 e. The number of carbonyl (C=O) groups is 4. The first-order valence-corrected chi connectivity index (χ1v) is 7.26. The highest BCUT2D eigenvalue weighted by Gasteiger charge is 2.65. The highest BCUT2D eigenvalue weighted by molar-refractivity contribution is 5.95. The van der Waals surface area contributed by atoms with E-state index in [-0.39, 0.29) is 37.5 Å². The number of likely N-dealkylation sites (tertiary alicyclic amines) is 2. The number of ether oxygens (including phenoxy) is 2. The van der Waals surface area contributed by atoms with Crippen LogP contribution in [0.5, 0.6) is 0 Å². The van der Waals surface area contributed by atoms with Crippen molar-refractivity contribution in [3.8, 4) is 0 Å². The maximum Gasteiger partial charge on any atom is 0.409 e. The molecule has 2 aliphatic heterocycles. The van der Waals surface area contributed by atoms with E-state index in [0.717, 1.165) is 0 Å². The number of hydrogen-bond donors (Lipinski definition) is 0. The Morgan fingerprint density at radius 3 is 1.55 bits per heavy atom. The van der Waals surface area contributed by atoms with Gasteiger partial charge in [-0.15, -0.1) is 0 Å². The average Bonchev–Trinajstić information content (AvgIpc) is 2.50. The third kappa shape index (κ3) is 1.89. The molecule has 8 heteroatoms. The minimum atomic E-state index is -0.538. The molecule has 0 aromatic heterocycles. The van der Waals surface area contributed by atoms with Gasteiger partial charge in [0.15, 0.2) is 0 Å². The monoisotopic (exact) mass is 310 g/mol. The van der Waals surface area contributed by atoms with Gasteiger partial charge < -0.3 is 19.3 Å². The van der Waals surface area contributed by atoms with Crippen LogP contribution in [-0.2, 0) is 19.1 Å². The molecule has 120 valence electrons. The fourth-order valence-corrected chi connectivity index (χ4v) is 4.00. The van der Waals surface area contributed by atoms with Crippen LogP contribution in [0.4, 0.5) is 9.59 Å². The van der Waals surface area contributed by atoms with E-state index < -0.39 is 36.1 Å². The largest absolute Gasteiger partial charge is 0.453 e. The summed E-state index contributed by atoms with van der Waals surface area (Å²) in [6.45, 7) is 0.503. The second kappa shape index (κ2) is 5.26. The van der Waals surface area contributed by atoms with Gasteiger partial charge in [0.1, 0.15) is 11.6 Å². The summed E-state index contributed by atoms with van der Waals surface area (Å²) < 4.78 is 9.49. The first-order valence-electron chi connectivity index (χ1n) is 7.26. The number of piperidine rings is 2. The van der Waals surface area contributed by atoms with Gasteiger partial charge in [-0.25, -0.2) is 9.59 Å². The molecule has 3 rings (SSSR count). The zero-order valence-electron chi connectivity index (χ0n) is 12.5. The molecule has 0 bridgehead atoms. The number of fused-ring (bicyclic) bond motifs is 4. The maximum atomic E-state index is 12.3. The Morgan fingerprint density at radius 1 is 0.864 bits per heavy atom. The first kappa shape index (κ1) is 14.8. The van der Waals surface area contributed by atoms with Crippen molar-refractivity contribution in [2.75, 3.05) is 27.3 Å². The average molecular weight is 310 g/mol. The Morgan fingerprint density at radius 2 is 1.23 bits per heavy atom. The van der Waals surface area contributed by atoms with Crippen LogP contribution in [0, 0.1) is 11.8 Å². The molecule has 1 aliphatic carbocycles. The zero-order chi connectivity index (χ0) is 16.0. The second-order valence-electron chi connectivity index (χ2n) is 5.79. The second-order valence-corrected chi connectivity index (χ2v) is 5.79. The first-order chi connectivity index (χ1) is 10.5. The van der Waals surface area contributed by atoms with Crippen molar-refractivity contribution in [3.05, 3.63) is 0 Å². The van der Waals surface area contributed by atoms with Crippen molar-refractivity contribution < 1.29 is 28.7 Å². The van der Waals surface area contributed by atoms with E-state index in [2.05, 4.69) is 0 Å². The molecular weight excluding hydrogens is 292 g/mol. The van der Waals surface area contributed by atoms with E-state index in [1.54, 1.807) is 0 Å². The van der Waals surface area contributed by atoms with Gasteiger partial charge >= 0.3 is 12.2 Å². The third-order valence-electron chi connectivity index (χ3n) is 4.95. The van der Waals surface area contributed by atoms with Gasteiger partial charge in [0.2, 0.25) is 0 Å². The van der Waals surface area contributed by atoms with Crippen molar-refractivity contribution >= 4 is 23.8 Å². The summed E-state index contributed by atoms with van der Waals surface area (Å²) in [5.41, 5.74) is 0. The van der Waals surface area contributed by atoms with Gasteiger partial charge in [0.05, 0.1) is 38.1 Å². The summed E-state index contributed by atoms with van der Waals surface area (Å²) in [5, 5.41) is 0. The van der Waals surface area contributed by atoms with E-state index in [0.29, 0.717) is 0 Å². The molecular formula is C14H18N2O6. The summed E-state index contributed by atoms with van der Waals surface area (Å²) in [4.78, 5) is 51.2. The van der Waals surface area contributed by atoms with Crippen LogP contribution in [0.1, 0.15) is 12.8 Å². The van der Waals surface area contributed by atoms with E-state index in [1.165, 1.54) is 24.0 Å². The van der Waals surface area contributed by atoms with E-state index in [1.807, 2.05) is 0 Å². The van der Waals surface area contributed by atoms with Crippen LogP contribution < -0.4 is 0 Å². The van der Waals surface area contributed by atoms with Crippen LogP contribution in [-0.4, -0.2) is 72.9 Å². The molecule has 0 aromatic carbocycles. The molecule has 0 spiro atoms. The lowest BCUT2D eigenvalue weighted by Gasteiger charge is -2.60. The number of amides is 2. The summed E-state index contributed by atoms with van der Waals surface area (Å²) in [7, 11) is 2.54. The molecule has 0 N–H and O–H groups in total. The lowest BCUT2D eigenvalue weighted by Crippen LogP contribution is -2.77. The van der Waals surface area contributed by atoms with Gasteiger partial charge in [-0.05, 0) is 0 Å². The quantitative estimate of drug-likeness (QED) is 0.628. The predicted octanol–water partition coefficient (Wildman–Crippen LogP) is 0.0520. The molecule has 1 saturated carbocycles. The number of Topliss-reactive ketones (excluding diaryl/α,β-unsaturated/α-hetero) is 2. The standard InChI is InChI=1S/C14H18N2O6/c1-21-13(19)15-5-3-7(17)9-11(15)10-8(18)4-6-16(12(9)10)14(20)22-2/h9-12H,3-6H2,1-2H3. The van der Waals surface area contributed by atoms with Crippen molar-refractivity contribution in [1.82, 2.24) is 9.80 Å². The Labute approximate surface area is 127 Å². The fraction of sp³-hybridized carbons (Fsp3) is 0.714. The Hall–Kier alpha value is -2.12. The van der Waals surface area contributed by atoms with Crippen molar-refractivity contribution in [2.45, 2.75) is 24.9 Å². The van der Waals surface area contributed by atoms with Crippen LogP contribution in [0.25, 0.3) is 0 Å². The summed E-state index contributed by atoms with van der Waals surface area (Å²) in [5.74, 6) is -1.09. The molecule has 3 aliphatic rings. The molecule has 2 amide bonds. The number of nitrogens with zero attached hydrogens (tertiary/aromatic N) is 2. The highest BCUT2D eigenvalue weighted by atomic mass is 16.5. The van der Waals surface area contributed by atoms with Crippen molar-refractivity contribution in [2.24, 2.45) is 11.8 Å². The number of ketones is 2. The van der Waals surface area contributed by atoms with Gasteiger partial charge in [-0.1, -0.05) is 0 Å². The number of carbonyl (C=O) groups excluding carboxylic acids is 4. The van der Waals surface area contributed by atoms with E-state index >= 15 is 0 Å². The number of rotatable bonds is 0. The lowest BCUT2D eigenvalue weighted by atomic mass is 9.57. The lowest BCUT2D eigenvalue weighted by molar-refractivity contribution is -0.164. The molecule has 3 fully saturated rings. The van der Waals surface area contributed by atoms with E-state index in [4.69, 9.17) is 9.47 Å². The minimum absolute atomic E-state index is 0.0185. The topological polar surface area (TPSA) is 93.2 Å². The third-order valence-corrected chi connectivity index (χ3v) is 4.95.